The lowest BCUT2D eigenvalue weighted by Gasteiger charge is -2.10. The second-order valence-electron chi connectivity index (χ2n) is 4.89. The van der Waals surface area contributed by atoms with E-state index in [0.717, 1.165) is 10.9 Å². The summed E-state index contributed by atoms with van der Waals surface area (Å²) in [7, 11) is 3.39. The predicted octanol–water partition coefficient (Wildman–Crippen LogP) is 4.09. The van der Waals surface area contributed by atoms with Gasteiger partial charge in [0.25, 0.3) is 5.91 Å². The van der Waals surface area contributed by atoms with Gasteiger partial charge in [0.1, 0.15) is 11.4 Å². The van der Waals surface area contributed by atoms with Crippen molar-refractivity contribution in [3.8, 4) is 5.75 Å². The summed E-state index contributed by atoms with van der Waals surface area (Å²) in [4.78, 5) is 12.6. The lowest BCUT2D eigenvalue weighted by Crippen LogP contribution is -2.16. The molecule has 1 N–H and O–H groups in total. The van der Waals surface area contributed by atoms with Crippen molar-refractivity contribution in [3.63, 3.8) is 0 Å². The van der Waals surface area contributed by atoms with Gasteiger partial charge in [0.2, 0.25) is 0 Å². The van der Waals surface area contributed by atoms with Crippen LogP contribution >= 0.6 is 11.6 Å². The Hall–Kier alpha value is -2.46. The Labute approximate surface area is 133 Å². The SMILES string of the molecule is COc1ccccc1NC(=O)c1c(Cl)c2ccccc2n1C. The molecule has 0 spiro atoms. The molecule has 0 aliphatic heterocycles. The number of para-hydroxylation sites is 3. The van der Waals surface area contributed by atoms with Crippen molar-refractivity contribution in [2.45, 2.75) is 0 Å². The molecule has 0 aliphatic carbocycles. The van der Waals surface area contributed by atoms with Gasteiger partial charge in [-0.15, -0.1) is 0 Å². The highest BCUT2D eigenvalue weighted by Crippen LogP contribution is 2.31. The van der Waals surface area contributed by atoms with Crippen LogP contribution in [-0.4, -0.2) is 17.6 Å². The monoisotopic (exact) mass is 314 g/mol. The maximum atomic E-state index is 12.6. The minimum atomic E-state index is -0.270. The molecule has 22 heavy (non-hydrogen) atoms. The molecule has 3 aromatic rings. The Bertz CT molecular complexity index is 816. The highest BCUT2D eigenvalue weighted by molar-refractivity contribution is 6.39. The van der Waals surface area contributed by atoms with E-state index < -0.39 is 0 Å². The van der Waals surface area contributed by atoms with Crippen molar-refractivity contribution in [2.24, 2.45) is 7.05 Å². The molecular weight excluding hydrogens is 300 g/mol. The van der Waals surface area contributed by atoms with Gasteiger partial charge in [-0.2, -0.15) is 0 Å². The average Bonchev–Trinajstić information content (AvgIpc) is 2.80. The number of carbonyl (C=O) groups excluding carboxylic acids is 1. The molecule has 1 amide bonds. The number of ether oxygens (including phenoxy) is 1. The van der Waals surface area contributed by atoms with Crippen LogP contribution in [0.25, 0.3) is 10.9 Å². The maximum Gasteiger partial charge on any atom is 0.273 e. The van der Waals surface area contributed by atoms with Crippen molar-refractivity contribution >= 4 is 34.1 Å². The molecule has 0 saturated carbocycles. The third kappa shape index (κ3) is 2.31. The number of fused-ring (bicyclic) bond motifs is 1. The molecule has 0 aliphatic rings. The van der Waals surface area contributed by atoms with Gasteiger partial charge in [-0.25, -0.2) is 0 Å². The Kier molecular flexibility index (Phi) is 3.77. The fourth-order valence-corrected chi connectivity index (χ4v) is 2.90. The third-order valence-electron chi connectivity index (χ3n) is 3.62. The molecule has 0 radical (unpaired) electrons. The number of methoxy groups -OCH3 is 1. The molecule has 1 heterocycles. The molecule has 0 fully saturated rings. The average molecular weight is 315 g/mol. The fourth-order valence-electron chi connectivity index (χ4n) is 2.53. The van der Waals surface area contributed by atoms with Crippen LogP contribution in [0, 0.1) is 0 Å². The van der Waals surface area contributed by atoms with E-state index in [1.807, 2.05) is 43.4 Å². The van der Waals surface area contributed by atoms with Crippen LogP contribution in [0.15, 0.2) is 48.5 Å². The summed E-state index contributed by atoms with van der Waals surface area (Å²) >= 11 is 6.38. The van der Waals surface area contributed by atoms with Gasteiger partial charge in [-0.1, -0.05) is 41.9 Å². The zero-order chi connectivity index (χ0) is 15.7. The largest absolute Gasteiger partial charge is 0.495 e. The zero-order valence-corrected chi connectivity index (χ0v) is 13.0. The van der Waals surface area contributed by atoms with Crippen LogP contribution in [0.3, 0.4) is 0 Å². The first kappa shape index (κ1) is 14.5. The van der Waals surface area contributed by atoms with E-state index >= 15 is 0 Å². The van der Waals surface area contributed by atoms with Crippen LogP contribution in [0.5, 0.6) is 5.75 Å². The number of hydrogen-bond donors (Lipinski definition) is 1. The van der Waals surface area contributed by atoms with Crippen LogP contribution in [0.4, 0.5) is 5.69 Å². The summed E-state index contributed by atoms with van der Waals surface area (Å²) in [6.07, 6.45) is 0. The zero-order valence-electron chi connectivity index (χ0n) is 12.3. The Morgan fingerprint density at radius 2 is 1.82 bits per heavy atom. The smallest absolute Gasteiger partial charge is 0.273 e. The van der Waals surface area contributed by atoms with Crippen molar-refractivity contribution in [2.75, 3.05) is 12.4 Å². The normalized spacial score (nSPS) is 10.7. The fraction of sp³-hybridized carbons (Fsp3) is 0.118. The Balaban J connectivity index is 2.03. The van der Waals surface area contributed by atoms with E-state index in [1.54, 1.807) is 23.8 Å². The van der Waals surface area contributed by atoms with E-state index in [9.17, 15) is 4.79 Å². The molecule has 5 heteroatoms. The standard InChI is InChI=1S/C17H15ClN2O2/c1-20-13-9-5-3-7-11(13)15(18)16(20)17(21)19-12-8-4-6-10-14(12)22-2/h3-10H,1-2H3,(H,19,21). The van der Waals surface area contributed by atoms with Crippen molar-refractivity contribution in [1.29, 1.82) is 0 Å². The second-order valence-corrected chi connectivity index (χ2v) is 5.27. The number of benzene rings is 2. The van der Waals surface area contributed by atoms with E-state index in [4.69, 9.17) is 16.3 Å². The molecule has 1 aromatic heterocycles. The van der Waals surface area contributed by atoms with Crippen LogP contribution in [0.2, 0.25) is 5.02 Å². The second kappa shape index (κ2) is 5.73. The van der Waals surface area contributed by atoms with Crippen molar-refractivity contribution < 1.29 is 9.53 Å². The van der Waals surface area contributed by atoms with E-state index in [0.29, 0.717) is 22.2 Å². The summed E-state index contributed by atoms with van der Waals surface area (Å²) in [6.45, 7) is 0. The number of anilines is 1. The van der Waals surface area contributed by atoms with Gasteiger partial charge in [0, 0.05) is 18.0 Å². The van der Waals surface area contributed by atoms with Crippen molar-refractivity contribution in [1.82, 2.24) is 4.57 Å². The van der Waals surface area contributed by atoms with Gasteiger partial charge >= 0.3 is 0 Å². The number of rotatable bonds is 3. The number of aryl methyl sites for hydroxylation is 1. The van der Waals surface area contributed by atoms with E-state index in [1.165, 1.54) is 0 Å². The number of carbonyl (C=O) groups is 1. The lowest BCUT2D eigenvalue weighted by atomic mass is 10.2. The molecule has 112 valence electrons. The molecule has 0 bridgehead atoms. The summed E-state index contributed by atoms with van der Waals surface area (Å²) < 4.78 is 7.04. The highest BCUT2D eigenvalue weighted by atomic mass is 35.5. The van der Waals surface area contributed by atoms with Gasteiger partial charge < -0.3 is 14.6 Å². The Morgan fingerprint density at radius 3 is 2.55 bits per heavy atom. The summed E-state index contributed by atoms with van der Waals surface area (Å²) in [5, 5.41) is 4.16. The molecule has 0 atom stereocenters. The van der Waals surface area contributed by atoms with Crippen LogP contribution in [-0.2, 0) is 7.05 Å². The summed E-state index contributed by atoms with van der Waals surface area (Å²) in [6, 6.07) is 14.9. The highest BCUT2D eigenvalue weighted by Gasteiger charge is 2.20. The number of nitrogens with zero attached hydrogens (tertiary/aromatic N) is 1. The maximum absolute atomic E-state index is 12.6. The van der Waals surface area contributed by atoms with Crippen LogP contribution < -0.4 is 10.1 Å². The predicted molar refractivity (Wildman–Crippen MR) is 88.9 cm³/mol. The van der Waals surface area contributed by atoms with Gasteiger partial charge in [-0.3, -0.25) is 4.79 Å². The van der Waals surface area contributed by atoms with E-state index in [-0.39, 0.29) is 5.91 Å². The van der Waals surface area contributed by atoms with Gasteiger partial charge in [0.05, 0.1) is 17.8 Å². The third-order valence-corrected chi connectivity index (χ3v) is 4.00. The topological polar surface area (TPSA) is 43.3 Å². The number of amides is 1. The quantitative estimate of drug-likeness (QED) is 0.791. The van der Waals surface area contributed by atoms with Gasteiger partial charge in [0.15, 0.2) is 0 Å². The van der Waals surface area contributed by atoms with E-state index in [2.05, 4.69) is 5.32 Å². The minimum absolute atomic E-state index is 0.270. The summed E-state index contributed by atoms with van der Waals surface area (Å²) in [5.41, 5.74) is 1.95. The molecule has 4 nitrogen and oxygen atoms in total. The van der Waals surface area contributed by atoms with Crippen molar-refractivity contribution in [3.05, 3.63) is 59.2 Å². The minimum Gasteiger partial charge on any atom is -0.495 e. The number of aromatic nitrogens is 1. The number of halogens is 1. The molecule has 3 rings (SSSR count). The lowest BCUT2D eigenvalue weighted by molar-refractivity contribution is 0.101. The first-order valence-electron chi connectivity index (χ1n) is 6.80. The Morgan fingerprint density at radius 1 is 1.14 bits per heavy atom. The summed E-state index contributed by atoms with van der Waals surface area (Å²) in [5.74, 6) is 0.332. The van der Waals surface area contributed by atoms with Gasteiger partial charge in [-0.05, 0) is 18.2 Å². The molecule has 0 saturated heterocycles. The first-order chi connectivity index (χ1) is 10.6. The molecule has 2 aromatic carbocycles. The van der Waals surface area contributed by atoms with Crippen LogP contribution in [0.1, 0.15) is 10.5 Å². The molecular formula is C17H15ClN2O2. The number of hydrogen-bond acceptors (Lipinski definition) is 2. The molecule has 0 unspecified atom stereocenters. The number of nitrogens with one attached hydrogen (secondary N) is 1. The first-order valence-corrected chi connectivity index (χ1v) is 7.18.